The van der Waals surface area contributed by atoms with Crippen molar-refractivity contribution in [1.29, 1.82) is 0 Å². The van der Waals surface area contributed by atoms with E-state index in [1.165, 1.54) is 0 Å². The van der Waals surface area contributed by atoms with Gasteiger partial charge in [0.2, 0.25) is 5.91 Å². The summed E-state index contributed by atoms with van der Waals surface area (Å²) in [5.74, 6) is 1.62. The molecule has 0 spiro atoms. The average Bonchev–Trinajstić information content (AvgIpc) is 3.31. The fourth-order valence-corrected chi connectivity index (χ4v) is 4.03. The third-order valence-corrected chi connectivity index (χ3v) is 5.57. The van der Waals surface area contributed by atoms with Gasteiger partial charge in [-0.25, -0.2) is 4.79 Å². The van der Waals surface area contributed by atoms with Gasteiger partial charge in [0.15, 0.2) is 11.5 Å². The van der Waals surface area contributed by atoms with E-state index in [1.54, 1.807) is 0 Å². The van der Waals surface area contributed by atoms with Crippen LogP contribution in [0.25, 0.3) is 0 Å². The molecular weight excluding hydrogens is 396 g/mol. The fourth-order valence-electron chi connectivity index (χ4n) is 4.03. The molecule has 31 heavy (non-hydrogen) atoms. The Bertz CT molecular complexity index is 902. The summed E-state index contributed by atoms with van der Waals surface area (Å²) in [5, 5.41) is 2.71. The van der Waals surface area contributed by atoms with Gasteiger partial charge in [-0.05, 0) is 42.5 Å². The van der Waals surface area contributed by atoms with Gasteiger partial charge in [-0.1, -0.05) is 36.4 Å². The van der Waals surface area contributed by atoms with Crippen molar-refractivity contribution >= 4 is 12.0 Å². The van der Waals surface area contributed by atoms with Crippen molar-refractivity contribution in [2.45, 2.75) is 38.3 Å². The molecule has 7 nitrogen and oxygen atoms in total. The lowest BCUT2D eigenvalue weighted by Gasteiger charge is -2.27. The van der Waals surface area contributed by atoms with Crippen LogP contribution in [0.15, 0.2) is 48.5 Å². The Morgan fingerprint density at radius 3 is 2.71 bits per heavy atom. The Morgan fingerprint density at radius 1 is 1.06 bits per heavy atom. The third-order valence-electron chi connectivity index (χ3n) is 5.57. The van der Waals surface area contributed by atoms with E-state index in [0.717, 1.165) is 42.0 Å². The first-order chi connectivity index (χ1) is 15.2. The maximum Gasteiger partial charge on any atom is 0.407 e. The number of rotatable bonds is 7. The maximum atomic E-state index is 12.8. The van der Waals surface area contributed by atoms with Crippen LogP contribution in [0.3, 0.4) is 0 Å². The van der Waals surface area contributed by atoms with Gasteiger partial charge >= 0.3 is 6.09 Å². The minimum atomic E-state index is -0.466. The summed E-state index contributed by atoms with van der Waals surface area (Å²) in [4.78, 5) is 26.6. The number of ether oxygens (including phenoxy) is 3. The van der Waals surface area contributed by atoms with E-state index in [4.69, 9.17) is 14.2 Å². The molecule has 0 bridgehead atoms. The lowest BCUT2D eigenvalue weighted by atomic mass is 10.0. The molecule has 0 aliphatic carbocycles. The van der Waals surface area contributed by atoms with Gasteiger partial charge in [0.25, 0.3) is 0 Å². The van der Waals surface area contributed by atoms with Gasteiger partial charge in [-0.15, -0.1) is 0 Å². The monoisotopic (exact) mass is 424 g/mol. The molecule has 2 amide bonds. The summed E-state index contributed by atoms with van der Waals surface area (Å²) >= 11 is 0. The molecule has 2 aliphatic heterocycles. The number of amides is 2. The predicted octanol–water partition coefficient (Wildman–Crippen LogP) is 3.83. The summed E-state index contributed by atoms with van der Waals surface area (Å²) < 4.78 is 16.5. The van der Waals surface area contributed by atoms with E-state index in [9.17, 15) is 9.59 Å². The predicted molar refractivity (Wildman–Crippen MR) is 115 cm³/mol. The van der Waals surface area contributed by atoms with Crippen molar-refractivity contribution in [2.24, 2.45) is 0 Å². The molecule has 0 aromatic heterocycles. The number of carbonyl (C=O) groups is 2. The first kappa shape index (κ1) is 21.0. The minimum Gasteiger partial charge on any atom is -0.486 e. The number of carbonyl (C=O) groups excluding carboxylic acids is 2. The highest BCUT2D eigenvalue weighted by atomic mass is 16.6. The topological polar surface area (TPSA) is 77.1 Å². The zero-order valence-corrected chi connectivity index (χ0v) is 17.5. The second kappa shape index (κ2) is 10.2. The van der Waals surface area contributed by atoms with Crippen LogP contribution in [0.1, 0.15) is 42.9 Å². The van der Waals surface area contributed by atoms with Crippen LogP contribution in [0.5, 0.6) is 11.5 Å². The second-order valence-corrected chi connectivity index (χ2v) is 7.74. The molecule has 7 heteroatoms. The SMILES string of the molecule is O=C(NCCCC(=O)N1CCCC1c1ccc2c(c1)OCCO2)OCc1ccccc1. The molecule has 4 rings (SSSR count). The highest BCUT2D eigenvalue weighted by Gasteiger charge is 2.30. The van der Waals surface area contributed by atoms with Crippen molar-refractivity contribution in [3.8, 4) is 11.5 Å². The van der Waals surface area contributed by atoms with Crippen LogP contribution >= 0.6 is 0 Å². The van der Waals surface area contributed by atoms with Gasteiger partial charge in [-0.2, -0.15) is 0 Å². The molecule has 2 aromatic carbocycles. The standard InChI is InChI=1S/C24H28N2O5/c27-23(9-4-12-25-24(28)31-17-18-6-2-1-3-7-18)26-13-5-8-20(26)19-10-11-21-22(16-19)30-15-14-29-21/h1-3,6-7,10-11,16,20H,4-5,8-9,12-15,17H2,(H,25,28). The molecule has 1 unspecified atom stereocenters. The summed E-state index contributed by atoms with van der Waals surface area (Å²) in [6, 6.07) is 15.5. The van der Waals surface area contributed by atoms with Crippen LogP contribution in [-0.4, -0.2) is 43.2 Å². The van der Waals surface area contributed by atoms with E-state index in [-0.39, 0.29) is 18.6 Å². The van der Waals surface area contributed by atoms with Crippen LogP contribution in [0.4, 0.5) is 4.79 Å². The molecule has 1 atom stereocenters. The molecule has 1 N–H and O–H groups in total. The second-order valence-electron chi connectivity index (χ2n) is 7.74. The molecule has 1 saturated heterocycles. The van der Waals surface area contributed by atoms with Crippen LogP contribution in [-0.2, 0) is 16.1 Å². The van der Waals surface area contributed by atoms with Crippen LogP contribution in [0.2, 0.25) is 0 Å². The van der Waals surface area contributed by atoms with Crippen LogP contribution < -0.4 is 14.8 Å². The Kier molecular flexibility index (Phi) is 6.92. The smallest absolute Gasteiger partial charge is 0.407 e. The van der Waals surface area contributed by atoms with Gasteiger partial charge in [0.1, 0.15) is 19.8 Å². The molecule has 0 saturated carbocycles. The highest BCUT2D eigenvalue weighted by Crippen LogP contribution is 2.38. The Morgan fingerprint density at radius 2 is 1.87 bits per heavy atom. The van der Waals surface area contributed by atoms with Crippen molar-refractivity contribution in [3.05, 3.63) is 59.7 Å². The van der Waals surface area contributed by atoms with Gasteiger partial charge in [0.05, 0.1) is 6.04 Å². The average molecular weight is 424 g/mol. The number of hydrogen-bond donors (Lipinski definition) is 1. The zero-order valence-electron chi connectivity index (χ0n) is 17.5. The molecule has 2 heterocycles. The number of fused-ring (bicyclic) bond motifs is 1. The van der Waals surface area contributed by atoms with Crippen molar-refractivity contribution in [1.82, 2.24) is 10.2 Å². The lowest BCUT2D eigenvalue weighted by Crippen LogP contribution is -2.32. The number of benzene rings is 2. The van der Waals surface area contributed by atoms with Crippen LogP contribution in [0, 0.1) is 0 Å². The highest BCUT2D eigenvalue weighted by molar-refractivity contribution is 5.77. The number of alkyl carbamates (subject to hydrolysis) is 1. The third kappa shape index (κ3) is 5.48. The van der Waals surface area contributed by atoms with E-state index in [1.807, 2.05) is 53.4 Å². The molecular formula is C24H28N2O5. The Balaban J connectivity index is 1.21. The summed E-state index contributed by atoms with van der Waals surface area (Å²) in [6.07, 6.45) is 2.42. The van der Waals surface area contributed by atoms with E-state index in [0.29, 0.717) is 32.6 Å². The van der Waals surface area contributed by atoms with E-state index >= 15 is 0 Å². The first-order valence-electron chi connectivity index (χ1n) is 10.8. The minimum absolute atomic E-state index is 0.0622. The summed E-state index contributed by atoms with van der Waals surface area (Å²) in [6.45, 7) is 2.50. The van der Waals surface area contributed by atoms with Crippen molar-refractivity contribution in [2.75, 3.05) is 26.3 Å². The van der Waals surface area contributed by atoms with Gasteiger partial charge in [0, 0.05) is 19.5 Å². The maximum absolute atomic E-state index is 12.8. The molecule has 164 valence electrons. The molecule has 2 aliphatic rings. The normalized spacial score (nSPS) is 17.3. The molecule has 1 fully saturated rings. The van der Waals surface area contributed by atoms with Crippen molar-refractivity contribution < 1.29 is 23.8 Å². The van der Waals surface area contributed by atoms with Crippen molar-refractivity contribution in [3.63, 3.8) is 0 Å². The Hall–Kier alpha value is -3.22. The van der Waals surface area contributed by atoms with E-state index in [2.05, 4.69) is 5.32 Å². The fraction of sp³-hybridized carbons (Fsp3) is 0.417. The van der Waals surface area contributed by atoms with Gasteiger partial charge in [-0.3, -0.25) is 4.79 Å². The Labute approximate surface area is 182 Å². The first-order valence-corrected chi connectivity index (χ1v) is 10.8. The quantitative estimate of drug-likeness (QED) is 0.684. The van der Waals surface area contributed by atoms with Gasteiger partial charge < -0.3 is 24.4 Å². The van der Waals surface area contributed by atoms with E-state index < -0.39 is 6.09 Å². The summed E-state index contributed by atoms with van der Waals surface area (Å²) in [5.41, 5.74) is 2.02. The number of nitrogens with zero attached hydrogens (tertiary/aromatic N) is 1. The number of nitrogens with one attached hydrogen (secondary N) is 1. The molecule has 0 radical (unpaired) electrons. The number of hydrogen-bond acceptors (Lipinski definition) is 5. The molecule has 2 aromatic rings. The largest absolute Gasteiger partial charge is 0.486 e. The summed E-state index contributed by atoms with van der Waals surface area (Å²) in [7, 11) is 0. The zero-order chi connectivity index (χ0) is 21.5. The lowest BCUT2D eigenvalue weighted by molar-refractivity contribution is -0.132. The number of likely N-dealkylation sites (tertiary alicyclic amines) is 1.